The van der Waals surface area contributed by atoms with Crippen LogP contribution in [0.1, 0.15) is 181 Å². The van der Waals surface area contributed by atoms with Crippen molar-refractivity contribution < 1.29 is 9.47 Å². The Labute approximate surface area is 258 Å². The van der Waals surface area contributed by atoms with Gasteiger partial charge in [0.15, 0.2) is 0 Å². The first kappa shape index (κ1) is 39.5. The van der Waals surface area contributed by atoms with Crippen LogP contribution in [0.5, 0.6) is 0 Å². The molecule has 2 atom stereocenters. The molecule has 4 heteroatoms. The molecule has 0 aliphatic carbocycles. The molecule has 0 saturated carbocycles. The Balaban J connectivity index is 3.50. The fourth-order valence-electron chi connectivity index (χ4n) is 5.21. The van der Waals surface area contributed by atoms with Crippen molar-refractivity contribution in [3.8, 4) is 0 Å². The summed E-state index contributed by atoms with van der Waals surface area (Å²) in [5.74, 6) is 0. The van der Waals surface area contributed by atoms with Gasteiger partial charge in [0.25, 0.3) is 0 Å². The Bertz CT molecular complexity index is 383. The van der Waals surface area contributed by atoms with Crippen LogP contribution in [0.25, 0.3) is 0 Å². The Morgan fingerprint density at radius 1 is 0.368 bits per heavy atom. The second kappa shape index (κ2) is 34.7. The van der Waals surface area contributed by atoms with E-state index in [1.165, 1.54) is 176 Å². The summed E-state index contributed by atoms with van der Waals surface area (Å²) in [5.41, 5.74) is 0. The van der Waals surface area contributed by atoms with Crippen molar-refractivity contribution in [1.29, 1.82) is 0 Å². The van der Waals surface area contributed by atoms with Crippen molar-refractivity contribution >= 4 is 34.1 Å². The third-order valence-corrected chi connectivity index (χ3v) is 19.8. The van der Waals surface area contributed by atoms with E-state index in [4.69, 9.17) is 9.47 Å². The van der Waals surface area contributed by atoms with Gasteiger partial charge >= 0.3 is 207 Å². The number of hydrogen-bond donors (Lipinski definition) is 0. The predicted molar refractivity (Wildman–Crippen MR) is 174 cm³/mol. The molecule has 0 N–H and O–H groups in total. The van der Waals surface area contributed by atoms with Crippen LogP contribution in [0, 0.1) is 0 Å². The van der Waals surface area contributed by atoms with Gasteiger partial charge in [-0.3, -0.25) is 0 Å². The van der Waals surface area contributed by atoms with E-state index in [1.54, 1.807) is 0 Å². The molecule has 230 valence electrons. The van der Waals surface area contributed by atoms with Crippen molar-refractivity contribution in [2.24, 2.45) is 0 Å². The molecule has 0 aromatic rings. The standard InChI is InChI=1S/C34H70O2Te2/c1-5-7-9-11-13-15-17-19-21-23-25-27-29-33(35-3)31-37-38-32-34(36-4)30-28-26-24-22-20-18-16-14-12-10-8-6-2/h33-34H,5-32H2,1-4H3. The predicted octanol–water partition coefficient (Wildman–Crippen LogP) is 11.4. The molecule has 0 bridgehead atoms. The Kier molecular flexibility index (Phi) is 36.1. The molecule has 0 spiro atoms. The number of rotatable bonds is 33. The third-order valence-electron chi connectivity index (χ3n) is 8.02. The fourth-order valence-corrected chi connectivity index (χ4v) is 17.9. The molecule has 0 heterocycles. The fraction of sp³-hybridized carbons (Fsp3) is 1.00. The van der Waals surface area contributed by atoms with Crippen LogP contribution in [0.15, 0.2) is 0 Å². The van der Waals surface area contributed by atoms with Crippen LogP contribution in [0.2, 0.25) is 8.94 Å². The van der Waals surface area contributed by atoms with Gasteiger partial charge in [0.2, 0.25) is 0 Å². The summed E-state index contributed by atoms with van der Waals surface area (Å²) < 4.78 is 14.5. The summed E-state index contributed by atoms with van der Waals surface area (Å²) in [6, 6.07) is 0. The van der Waals surface area contributed by atoms with Gasteiger partial charge < -0.3 is 0 Å². The zero-order valence-electron chi connectivity index (χ0n) is 26.6. The van der Waals surface area contributed by atoms with Gasteiger partial charge in [-0.2, -0.15) is 0 Å². The molecule has 2 unspecified atom stereocenters. The topological polar surface area (TPSA) is 18.5 Å². The summed E-state index contributed by atoms with van der Waals surface area (Å²) in [4.78, 5) is 0. The van der Waals surface area contributed by atoms with Crippen LogP contribution >= 0.6 is 0 Å². The summed E-state index contributed by atoms with van der Waals surface area (Å²) in [5, 5.41) is 0. The van der Waals surface area contributed by atoms with E-state index >= 15 is 0 Å². The van der Waals surface area contributed by atoms with E-state index in [1.807, 2.05) is 14.2 Å². The molecule has 0 aromatic carbocycles. The van der Waals surface area contributed by atoms with Gasteiger partial charge in [-0.15, -0.1) is 0 Å². The molecule has 38 heavy (non-hydrogen) atoms. The molecule has 0 aliphatic heterocycles. The second-order valence-corrected chi connectivity index (χ2v) is 23.9. The first-order valence-electron chi connectivity index (χ1n) is 17.1. The average molecular weight is 766 g/mol. The zero-order chi connectivity index (χ0) is 27.8. The molecule has 0 aliphatic rings. The van der Waals surface area contributed by atoms with Crippen LogP contribution in [-0.4, -0.2) is 60.5 Å². The Morgan fingerprint density at radius 3 is 0.842 bits per heavy atom. The van der Waals surface area contributed by atoms with E-state index in [2.05, 4.69) is 13.8 Å². The molecular weight excluding hydrogens is 696 g/mol. The molecule has 0 rings (SSSR count). The van der Waals surface area contributed by atoms with Crippen LogP contribution in [-0.2, 0) is 9.47 Å². The monoisotopic (exact) mass is 770 g/mol. The quantitative estimate of drug-likeness (QED) is 0.0489. The van der Waals surface area contributed by atoms with E-state index in [0.717, 1.165) is 0 Å². The first-order chi connectivity index (χ1) is 18.8. The molecule has 0 amide bonds. The van der Waals surface area contributed by atoms with Crippen molar-refractivity contribution in [3.05, 3.63) is 0 Å². The van der Waals surface area contributed by atoms with Gasteiger partial charge in [0.05, 0.1) is 0 Å². The summed E-state index contributed by atoms with van der Waals surface area (Å²) in [6.07, 6.45) is 38.2. The summed E-state index contributed by atoms with van der Waals surface area (Å²) >= 11 is 0.391. The molecular formula is C34H70O2Te2. The van der Waals surface area contributed by atoms with E-state index < -0.39 is 0 Å². The zero-order valence-corrected chi connectivity index (χ0v) is 31.2. The average Bonchev–Trinajstić information content (AvgIpc) is 2.94. The molecule has 0 saturated heterocycles. The van der Waals surface area contributed by atoms with E-state index in [0.29, 0.717) is 12.2 Å². The normalized spacial score (nSPS) is 13.3. The Hall–Kier alpha value is 1.50. The molecule has 2 nitrogen and oxygen atoms in total. The van der Waals surface area contributed by atoms with Gasteiger partial charge in [0, 0.05) is 0 Å². The SMILES string of the molecule is CCCCCCCCCCCCCCC(C[Te][Te]CC(CCCCCCCCCCCCCC)OC)OC. The molecule has 0 radical (unpaired) electrons. The van der Waals surface area contributed by atoms with E-state index in [-0.39, 0.29) is 34.1 Å². The number of methoxy groups -OCH3 is 2. The number of unbranched alkanes of at least 4 members (excludes halogenated alkanes) is 22. The maximum atomic E-state index is 5.85. The maximum absolute atomic E-state index is 5.85. The van der Waals surface area contributed by atoms with Crippen LogP contribution in [0.3, 0.4) is 0 Å². The van der Waals surface area contributed by atoms with Gasteiger partial charge in [0.1, 0.15) is 0 Å². The van der Waals surface area contributed by atoms with Crippen molar-refractivity contribution in [2.45, 2.75) is 202 Å². The van der Waals surface area contributed by atoms with Crippen molar-refractivity contribution in [2.75, 3.05) is 14.2 Å². The van der Waals surface area contributed by atoms with Crippen LogP contribution in [0.4, 0.5) is 0 Å². The number of ether oxygens (including phenoxy) is 2. The minimum absolute atomic E-state index is 0.195. The van der Waals surface area contributed by atoms with Crippen LogP contribution < -0.4 is 0 Å². The minimum atomic E-state index is 0.195. The summed E-state index contributed by atoms with van der Waals surface area (Å²) in [7, 11) is 3.90. The summed E-state index contributed by atoms with van der Waals surface area (Å²) in [6.45, 7) is 4.61. The van der Waals surface area contributed by atoms with Gasteiger partial charge in [-0.25, -0.2) is 0 Å². The van der Waals surface area contributed by atoms with Gasteiger partial charge in [-0.05, 0) is 0 Å². The van der Waals surface area contributed by atoms with E-state index in [9.17, 15) is 0 Å². The second-order valence-electron chi connectivity index (χ2n) is 11.6. The van der Waals surface area contributed by atoms with Crippen molar-refractivity contribution in [3.63, 3.8) is 0 Å². The van der Waals surface area contributed by atoms with Crippen molar-refractivity contribution in [1.82, 2.24) is 0 Å². The third kappa shape index (κ3) is 30.5. The molecule has 0 aromatic heterocycles. The first-order valence-corrected chi connectivity index (χ1v) is 27.7. The number of hydrogen-bond acceptors (Lipinski definition) is 2. The molecule has 0 fully saturated rings. The van der Waals surface area contributed by atoms with Gasteiger partial charge in [-0.1, -0.05) is 52.4 Å². The Morgan fingerprint density at radius 2 is 0.605 bits per heavy atom.